The second kappa shape index (κ2) is 9.30. The standard InChI is InChI=1S/C22H30N6O2/c1-3-4-7-17(14-16-15-23-19-9-6-5-8-18(16)19)24-20(29)21-25-26-22(30-21)28-12-10-27(2)11-13-28/h5-6,8-9,15,17,23H,3-4,7,10-14H2,1-2H3,(H,24,29). The molecule has 160 valence electrons. The Bertz CT molecular complexity index is 973. The van der Waals surface area contributed by atoms with E-state index in [9.17, 15) is 4.79 Å². The van der Waals surface area contributed by atoms with E-state index in [0.29, 0.717) is 6.01 Å². The van der Waals surface area contributed by atoms with E-state index in [1.807, 2.05) is 23.2 Å². The van der Waals surface area contributed by atoms with E-state index < -0.39 is 0 Å². The van der Waals surface area contributed by atoms with E-state index in [2.05, 4.69) is 51.5 Å². The fourth-order valence-corrected chi connectivity index (χ4v) is 3.92. The highest BCUT2D eigenvalue weighted by molar-refractivity contribution is 5.90. The third kappa shape index (κ3) is 4.64. The van der Waals surface area contributed by atoms with Crippen molar-refractivity contribution in [3.05, 3.63) is 41.9 Å². The largest absolute Gasteiger partial charge is 0.399 e. The molecule has 0 radical (unpaired) electrons. The number of amides is 1. The van der Waals surface area contributed by atoms with Crippen LogP contribution in [0.15, 0.2) is 34.9 Å². The fraction of sp³-hybridized carbons (Fsp3) is 0.500. The zero-order valence-electron chi connectivity index (χ0n) is 17.7. The number of hydrogen-bond donors (Lipinski definition) is 2. The summed E-state index contributed by atoms with van der Waals surface area (Å²) in [5.41, 5.74) is 2.32. The predicted molar refractivity (Wildman–Crippen MR) is 117 cm³/mol. The van der Waals surface area contributed by atoms with Crippen molar-refractivity contribution >= 4 is 22.8 Å². The number of unbranched alkanes of at least 4 members (excludes halogenated alkanes) is 1. The number of para-hydroxylation sites is 1. The Morgan fingerprint density at radius 1 is 1.23 bits per heavy atom. The van der Waals surface area contributed by atoms with E-state index in [4.69, 9.17) is 4.42 Å². The van der Waals surface area contributed by atoms with E-state index >= 15 is 0 Å². The smallest absolute Gasteiger partial charge is 0.318 e. The molecule has 1 unspecified atom stereocenters. The number of nitrogens with zero attached hydrogens (tertiary/aromatic N) is 4. The number of carbonyl (C=O) groups is 1. The van der Waals surface area contributed by atoms with Crippen molar-refractivity contribution in [2.24, 2.45) is 0 Å². The number of piperazine rings is 1. The van der Waals surface area contributed by atoms with Crippen LogP contribution in [0.1, 0.15) is 42.4 Å². The number of rotatable bonds is 8. The predicted octanol–water partition coefficient (Wildman–Crippen LogP) is 2.83. The van der Waals surface area contributed by atoms with Crippen molar-refractivity contribution in [3.8, 4) is 0 Å². The molecule has 3 heterocycles. The fourth-order valence-electron chi connectivity index (χ4n) is 3.92. The SMILES string of the molecule is CCCCC(Cc1c[nH]c2ccccc12)NC(=O)c1nnc(N2CCN(C)CC2)o1. The van der Waals surface area contributed by atoms with Gasteiger partial charge in [-0.3, -0.25) is 4.79 Å². The van der Waals surface area contributed by atoms with Crippen LogP contribution in [0.3, 0.4) is 0 Å². The third-order valence-electron chi connectivity index (χ3n) is 5.76. The monoisotopic (exact) mass is 410 g/mol. The molecule has 0 spiro atoms. The summed E-state index contributed by atoms with van der Waals surface area (Å²) in [6.07, 6.45) is 5.82. The first-order chi connectivity index (χ1) is 14.6. The average molecular weight is 411 g/mol. The zero-order chi connectivity index (χ0) is 20.9. The van der Waals surface area contributed by atoms with Gasteiger partial charge in [-0.2, -0.15) is 0 Å². The molecule has 0 bridgehead atoms. The number of carbonyl (C=O) groups excluding carboxylic acids is 1. The van der Waals surface area contributed by atoms with Crippen molar-refractivity contribution in [3.63, 3.8) is 0 Å². The maximum Gasteiger partial charge on any atom is 0.318 e. The Hall–Kier alpha value is -2.87. The highest BCUT2D eigenvalue weighted by Gasteiger charge is 2.24. The summed E-state index contributed by atoms with van der Waals surface area (Å²) < 4.78 is 5.70. The number of aromatic amines is 1. The van der Waals surface area contributed by atoms with E-state index in [0.717, 1.165) is 57.4 Å². The number of nitrogens with one attached hydrogen (secondary N) is 2. The second-order valence-electron chi connectivity index (χ2n) is 8.06. The summed E-state index contributed by atoms with van der Waals surface area (Å²) in [6.45, 7) is 5.67. The van der Waals surface area contributed by atoms with Crippen molar-refractivity contribution in [2.75, 3.05) is 38.1 Å². The van der Waals surface area contributed by atoms with Gasteiger partial charge in [0.05, 0.1) is 0 Å². The lowest BCUT2D eigenvalue weighted by Gasteiger charge is -2.30. The molecule has 4 rings (SSSR count). The minimum absolute atomic E-state index is 0.00985. The van der Waals surface area contributed by atoms with Crippen LogP contribution in [-0.4, -0.2) is 65.3 Å². The molecule has 1 aromatic carbocycles. The normalized spacial score (nSPS) is 16.1. The Labute approximate surface area is 176 Å². The van der Waals surface area contributed by atoms with Gasteiger partial charge in [-0.15, -0.1) is 5.10 Å². The van der Waals surface area contributed by atoms with E-state index in [1.165, 1.54) is 10.9 Å². The molecule has 30 heavy (non-hydrogen) atoms. The molecule has 3 aromatic rings. The van der Waals surface area contributed by atoms with Gasteiger partial charge in [0.15, 0.2) is 0 Å². The van der Waals surface area contributed by atoms with Crippen molar-refractivity contribution in [1.29, 1.82) is 0 Å². The number of anilines is 1. The van der Waals surface area contributed by atoms with Crippen molar-refractivity contribution < 1.29 is 9.21 Å². The molecular formula is C22H30N6O2. The second-order valence-corrected chi connectivity index (χ2v) is 8.06. The van der Waals surface area contributed by atoms with Crippen LogP contribution in [0.2, 0.25) is 0 Å². The van der Waals surface area contributed by atoms with Gasteiger partial charge < -0.3 is 24.5 Å². The lowest BCUT2D eigenvalue weighted by molar-refractivity contribution is 0.0899. The molecule has 2 aromatic heterocycles. The highest BCUT2D eigenvalue weighted by atomic mass is 16.4. The number of H-pyrrole nitrogens is 1. The first-order valence-electron chi connectivity index (χ1n) is 10.8. The Morgan fingerprint density at radius 3 is 2.83 bits per heavy atom. The molecular weight excluding hydrogens is 380 g/mol. The molecule has 2 N–H and O–H groups in total. The van der Waals surface area contributed by atoms with Crippen molar-refractivity contribution in [2.45, 2.75) is 38.6 Å². The van der Waals surface area contributed by atoms with Gasteiger partial charge in [-0.1, -0.05) is 43.1 Å². The lowest BCUT2D eigenvalue weighted by atomic mass is 10.0. The molecule has 1 atom stereocenters. The first-order valence-corrected chi connectivity index (χ1v) is 10.8. The Morgan fingerprint density at radius 2 is 2.03 bits per heavy atom. The Balaban J connectivity index is 1.43. The maximum absolute atomic E-state index is 12.8. The minimum Gasteiger partial charge on any atom is -0.399 e. The third-order valence-corrected chi connectivity index (χ3v) is 5.76. The molecule has 1 aliphatic rings. The number of likely N-dealkylation sites (N-methyl/N-ethyl adjacent to an activating group) is 1. The van der Waals surface area contributed by atoms with Gasteiger partial charge in [-0.25, -0.2) is 0 Å². The highest BCUT2D eigenvalue weighted by Crippen LogP contribution is 2.21. The minimum atomic E-state index is -0.302. The zero-order valence-corrected chi connectivity index (χ0v) is 17.7. The molecule has 1 fully saturated rings. The van der Waals surface area contributed by atoms with Crippen LogP contribution in [0, 0.1) is 0 Å². The number of benzene rings is 1. The quantitative estimate of drug-likeness (QED) is 0.594. The van der Waals surface area contributed by atoms with Crippen LogP contribution in [0.5, 0.6) is 0 Å². The van der Waals surface area contributed by atoms with Crippen LogP contribution in [0.25, 0.3) is 10.9 Å². The number of aromatic nitrogens is 3. The van der Waals surface area contributed by atoms with Crippen LogP contribution < -0.4 is 10.2 Å². The number of hydrogen-bond acceptors (Lipinski definition) is 6. The van der Waals surface area contributed by atoms with Gasteiger partial charge in [0, 0.05) is 49.3 Å². The first kappa shape index (κ1) is 20.4. The molecule has 1 amide bonds. The van der Waals surface area contributed by atoms with Crippen LogP contribution >= 0.6 is 0 Å². The topological polar surface area (TPSA) is 90.3 Å². The van der Waals surface area contributed by atoms with Gasteiger partial charge in [0.1, 0.15) is 0 Å². The number of fused-ring (bicyclic) bond motifs is 1. The van der Waals surface area contributed by atoms with E-state index in [1.54, 1.807) is 0 Å². The van der Waals surface area contributed by atoms with Crippen molar-refractivity contribution in [1.82, 2.24) is 25.4 Å². The molecule has 0 saturated carbocycles. The maximum atomic E-state index is 12.8. The molecule has 8 nitrogen and oxygen atoms in total. The summed E-state index contributed by atoms with van der Waals surface area (Å²) in [5, 5.41) is 12.4. The van der Waals surface area contributed by atoms with Gasteiger partial charge >= 0.3 is 17.8 Å². The lowest BCUT2D eigenvalue weighted by Crippen LogP contribution is -2.44. The molecule has 0 aliphatic carbocycles. The van der Waals surface area contributed by atoms with Gasteiger partial charge in [0.25, 0.3) is 0 Å². The summed E-state index contributed by atoms with van der Waals surface area (Å²) >= 11 is 0. The summed E-state index contributed by atoms with van der Waals surface area (Å²) in [5.74, 6) is -0.270. The van der Waals surface area contributed by atoms with Gasteiger partial charge in [-0.05, 0) is 31.5 Å². The summed E-state index contributed by atoms with van der Waals surface area (Å²) in [6, 6.07) is 8.67. The Kier molecular flexibility index (Phi) is 6.32. The van der Waals surface area contributed by atoms with Crippen LogP contribution in [0.4, 0.5) is 6.01 Å². The molecule has 1 aliphatic heterocycles. The van der Waals surface area contributed by atoms with Crippen LogP contribution in [-0.2, 0) is 6.42 Å². The summed E-state index contributed by atoms with van der Waals surface area (Å²) in [4.78, 5) is 20.4. The van der Waals surface area contributed by atoms with E-state index in [-0.39, 0.29) is 17.8 Å². The summed E-state index contributed by atoms with van der Waals surface area (Å²) in [7, 11) is 2.09. The average Bonchev–Trinajstić information content (AvgIpc) is 3.40. The molecule has 8 heteroatoms. The van der Waals surface area contributed by atoms with Gasteiger partial charge in [0.2, 0.25) is 0 Å². The molecule has 1 saturated heterocycles.